The second-order valence-electron chi connectivity index (χ2n) is 5.88. The average Bonchev–Trinajstić information content (AvgIpc) is 3.29. The minimum atomic E-state index is 0.0420. The van der Waals surface area contributed by atoms with Crippen molar-refractivity contribution in [3.8, 4) is 0 Å². The summed E-state index contributed by atoms with van der Waals surface area (Å²) >= 11 is 1.76. The molecule has 0 saturated carbocycles. The molecule has 2 heterocycles. The molecule has 1 aliphatic rings. The van der Waals surface area contributed by atoms with Crippen LogP contribution in [0.5, 0.6) is 0 Å². The molecule has 1 aromatic carbocycles. The average molecular weight is 356 g/mol. The van der Waals surface area contributed by atoms with Gasteiger partial charge in [-0.05, 0) is 42.8 Å². The molecule has 0 radical (unpaired) electrons. The van der Waals surface area contributed by atoms with Crippen molar-refractivity contribution < 1.29 is 4.79 Å². The quantitative estimate of drug-likeness (QED) is 0.617. The largest absolute Gasteiger partial charge is 0.357 e. The SMILES string of the molecule is CCNC(=NCC(=O)N1CCc2ccccc21)NCCc1cccs1. The Bertz CT molecular complexity index is 727. The first kappa shape index (κ1) is 17.5. The highest BCUT2D eigenvalue weighted by molar-refractivity contribution is 7.09. The van der Waals surface area contributed by atoms with Crippen LogP contribution in [0.25, 0.3) is 0 Å². The van der Waals surface area contributed by atoms with Crippen LogP contribution in [0.15, 0.2) is 46.8 Å². The molecule has 1 amide bonds. The van der Waals surface area contributed by atoms with Crippen molar-refractivity contribution in [1.82, 2.24) is 10.6 Å². The number of carbonyl (C=O) groups is 1. The lowest BCUT2D eigenvalue weighted by molar-refractivity contribution is -0.117. The van der Waals surface area contributed by atoms with E-state index in [9.17, 15) is 4.79 Å². The van der Waals surface area contributed by atoms with Crippen LogP contribution >= 0.6 is 11.3 Å². The van der Waals surface area contributed by atoms with Crippen LogP contribution in [-0.4, -0.2) is 38.0 Å². The highest BCUT2D eigenvalue weighted by atomic mass is 32.1. The number of nitrogens with zero attached hydrogens (tertiary/aromatic N) is 2. The zero-order chi connectivity index (χ0) is 17.5. The van der Waals surface area contributed by atoms with E-state index < -0.39 is 0 Å². The maximum atomic E-state index is 12.5. The third-order valence-electron chi connectivity index (χ3n) is 4.15. The molecule has 0 bridgehead atoms. The third-order valence-corrected chi connectivity index (χ3v) is 5.08. The van der Waals surface area contributed by atoms with Crippen LogP contribution in [0.1, 0.15) is 17.4 Å². The molecule has 0 unspecified atom stereocenters. The third kappa shape index (κ3) is 4.60. The zero-order valence-corrected chi connectivity index (χ0v) is 15.3. The standard InChI is InChI=1S/C19H24N4OS/c1-2-20-19(21-11-9-16-7-5-13-25-16)22-14-18(24)23-12-10-15-6-3-4-8-17(15)23/h3-8,13H,2,9-12,14H2,1H3,(H2,20,21,22). The second-order valence-corrected chi connectivity index (χ2v) is 6.91. The number of amides is 1. The number of benzene rings is 1. The summed E-state index contributed by atoms with van der Waals surface area (Å²) in [7, 11) is 0. The van der Waals surface area contributed by atoms with Gasteiger partial charge in [0.05, 0.1) is 0 Å². The molecule has 25 heavy (non-hydrogen) atoms. The van der Waals surface area contributed by atoms with Crippen LogP contribution in [0.3, 0.4) is 0 Å². The summed E-state index contributed by atoms with van der Waals surface area (Å²) in [5.41, 5.74) is 2.26. The van der Waals surface area contributed by atoms with Gasteiger partial charge >= 0.3 is 0 Å². The summed E-state index contributed by atoms with van der Waals surface area (Å²) in [6.07, 6.45) is 1.88. The first-order valence-corrected chi connectivity index (χ1v) is 9.58. The summed E-state index contributed by atoms with van der Waals surface area (Å²) < 4.78 is 0. The van der Waals surface area contributed by atoms with E-state index in [2.05, 4.69) is 39.2 Å². The first-order chi connectivity index (χ1) is 12.3. The summed E-state index contributed by atoms with van der Waals surface area (Å²) in [6.45, 7) is 4.49. The topological polar surface area (TPSA) is 56.7 Å². The van der Waals surface area contributed by atoms with Crippen molar-refractivity contribution in [2.45, 2.75) is 19.8 Å². The maximum absolute atomic E-state index is 12.5. The molecule has 0 saturated heterocycles. The second kappa shape index (κ2) is 8.67. The normalized spacial score (nSPS) is 13.6. The Balaban J connectivity index is 1.55. The number of nitrogens with one attached hydrogen (secondary N) is 2. The van der Waals surface area contributed by atoms with E-state index in [1.807, 2.05) is 30.0 Å². The van der Waals surface area contributed by atoms with Gasteiger partial charge in [-0.2, -0.15) is 0 Å². The lowest BCUT2D eigenvalue weighted by atomic mass is 10.2. The molecule has 0 atom stereocenters. The zero-order valence-electron chi connectivity index (χ0n) is 14.5. The van der Waals surface area contributed by atoms with Gasteiger partial charge in [-0.3, -0.25) is 4.79 Å². The number of guanidine groups is 1. The van der Waals surface area contributed by atoms with Gasteiger partial charge in [-0.25, -0.2) is 4.99 Å². The van der Waals surface area contributed by atoms with Crippen LogP contribution in [0.2, 0.25) is 0 Å². The van der Waals surface area contributed by atoms with Crippen LogP contribution < -0.4 is 15.5 Å². The summed E-state index contributed by atoms with van der Waals surface area (Å²) in [5, 5.41) is 8.58. The van der Waals surface area contributed by atoms with Gasteiger partial charge in [0.1, 0.15) is 6.54 Å². The lowest BCUT2D eigenvalue weighted by Gasteiger charge is -2.17. The molecular weight excluding hydrogens is 332 g/mol. The van der Waals surface area contributed by atoms with E-state index in [4.69, 9.17) is 0 Å². The van der Waals surface area contributed by atoms with E-state index in [1.165, 1.54) is 10.4 Å². The lowest BCUT2D eigenvalue weighted by Crippen LogP contribution is -2.39. The molecule has 5 nitrogen and oxygen atoms in total. The van der Waals surface area contributed by atoms with Crippen molar-refractivity contribution >= 4 is 28.9 Å². The van der Waals surface area contributed by atoms with Gasteiger partial charge in [0.25, 0.3) is 0 Å². The molecule has 1 aliphatic heterocycles. The van der Waals surface area contributed by atoms with Gasteiger partial charge in [0, 0.05) is 30.2 Å². The molecular formula is C19H24N4OS. The van der Waals surface area contributed by atoms with Gasteiger partial charge in [0.2, 0.25) is 5.91 Å². The highest BCUT2D eigenvalue weighted by Gasteiger charge is 2.23. The van der Waals surface area contributed by atoms with Crippen molar-refractivity contribution in [3.05, 3.63) is 52.2 Å². The summed E-state index contributed by atoms with van der Waals surface area (Å²) in [4.78, 5) is 20.2. The Hall–Kier alpha value is -2.34. The molecule has 0 fully saturated rings. The number of carbonyl (C=O) groups excluding carboxylic acids is 1. The van der Waals surface area contributed by atoms with Crippen molar-refractivity contribution in [2.24, 2.45) is 4.99 Å². The van der Waals surface area contributed by atoms with E-state index in [0.29, 0.717) is 5.96 Å². The number of thiophene rings is 1. The molecule has 0 spiro atoms. The Morgan fingerprint density at radius 3 is 2.92 bits per heavy atom. The van der Waals surface area contributed by atoms with Crippen LogP contribution in [-0.2, 0) is 17.6 Å². The molecule has 3 rings (SSSR count). The Kier molecular flexibility index (Phi) is 6.06. The van der Waals surface area contributed by atoms with Gasteiger partial charge in [0.15, 0.2) is 5.96 Å². The number of anilines is 1. The Labute approximate surface area is 152 Å². The van der Waals surface area contributed by atoms with Crippen molar-refractivity contribution in [3.63, 3.8) is 0 Å². The fourth-order valence-electron chi connectivity index (χ4n) is 2.93. The summed E-state index contributed by atoms with van der Waals surface area (Å²) in [6, 6.07) is 12.3. The number of hydrogen-bond acceptors (Lipinski definition) is 3. The molecule has 2 aromatic rings. The smallest absolute Gasteiger partial charge is 0.248 e. The number of fused-ring (bicyclic) bond motifs is 1. The number of para-hydroxylation sites is 1. The monoisotopic (exact) mass is 356 g/mol. The van der Waals surface area contributed by atoms with E-state index in [0.717, 1.165) is 38.2 Å². The van der Waals surface area contributed by atoms with Crippen LogP contribution in [0, 0.1) is 0 Å². The fraction of sp³-hybridized carbons (Fsp3) is 0.368. The van der Waals surface area contributed by atoms with Crippen molar-refractivity contribution in [2.75, 3.05) is 31.1 Å². The number of hydrogen-bond donors (Lipinski definition) is 2. The predicted molar refractivity (Wildman–Crippen MR) is 105 cm³/mol. The minimum Gasteiger partial charge on any atom is -0.357 e. The molecule has 6 heteroatoms. The predicted octanol–water partition coefficient (Wildman–Crippen LogP) is 2.44. The number of aliphatic imine (C=N–C) groups is 1. The molecule has 132 valence electrons. The summed E-state index contributed by atoms with van der Waals surface area (Å²) in [5.74, 6) is 0.736. The van der Waals surface area contributed by atoms with Gasteiger partial charge in [-0.1, -0.05) is 24.3 Å². The molecule has 0 aliphatic carbocycles. The van der Waals surface area contributed by atoms with Gasteiger partial charge in [-0.15, -0.1) is 11.3 Å². The maximum Gasteiger partial charge on any atom is 0.248 e. The minimum absolute atomic E-state index is 0.0420. The van der Waals surface area contributed by atoms with Gasteiger partial charge < -0.3 is 15.5 Å². The van der Waals surface area contributed by atoms with E-state index in [-0.39, 0.29) is 12.5 Å². The van der Waals surface area contributed by atoms with Crippen molar-refractivity contribution in [1.29, 1.82) is 0 Å². The van der Waals surface area contributed by atoms with E-state index in [1.54, 1.807) is 11.3 Å². The van der Waals surface area contributed by atoms with Crippen LogP contribution in [0.4, 0.5) is 5.69 Å². The number of rotatable bonds is 6. The fourth-order valence-corrected chi connectivity index (χ4v) is 3.64. The molecule has 1 aromatic heterocycles. The highest BCUT2D eigenvalue weighted by Crippen LogP contribution is 2.27. The molecule has 2 N–H and O–H groups in total. The first-order valence-electron chi connectivity index (χ1n) is 8.70. The Morgan fingerprint density at radius 2 is 2.12 bits per heavy atom. The Morgan fingerprint density at radius 1 is 1.24 bits per heavy atom. The van der Waals surface area contributed by atoms with E-state index >= 15 is 0 Å².